The van der Waals surface area contributed by atoms with Crippen LogP contribution < -0.4 is 61.2 Å². The molecule has 0 unspecified atom stereocenters. The fourth-order valence-electron chi connectivity index (χ4n) is 0.676. The van der Waals surface area contributed by atoms with E-state index in [0.717, 1.165) is 5.75 Å². The molecular weight excluding hydrogens is 167 g/mol. The summed E-state index contributed by atoms with van der Waals surface area (Å²) in [4.78, 5) is 0. The summed E-state index contributed by atoms with van der Waals surface area (Å²) >= 11 is 0. The van der Waals surface area contributed by atoms with E-state index < -0.39 is 0 Å². The molecule has 11 heavy (non-hydrogen) atoms. The first kappa shape index (κ1) is 11.6. The first-order chi connectivity index (χ1) is 4.93. The molecule has 1 aromatic rings. The van der Waals surface area contributed by atoms with Gasteiger partial charge in [0.2, 0.25) is 0 Å². The maximum absolute atomic E-state index is 9.98. The summed E-state index contributed by atoms with van der Waals surface area (Å²) in [6, 6.07) is 9.32. The minimum Gasteiger partial charge on any atom is -0.852 e. The molecule has 0 radical (unpaired) electrons. The van der Waals surface area contributed by atoms with E-state index in [1.165, 1.54) is 0 Å². The first-order valence-electron chi connectivity index (χ1n) is 3.19. The van der Waals surface area contributed by atoms with E-state index in [4.69, 9.17) is 4.74 Å². The van der Waals surface area contributed by atoms with Gasteiger partial charge in [-0.25, -0.2) is 0 Å². The third kappa shape index (κ3) is 4.95. The number of ether oxygens (including phenoxy) is 1. The van der Waals surface area contributed by atoms with Gasteiger partial charge in [-0.05, 0) is 12.1 Å². The average molecular weight is 176 g/mol. The summed E-state index contributed by atoms with van der Waals surface area (Å²) in [5.74, 6) is 0.762. The molecule has 0 N–H and O–H groups in total. The smallest absolute Gasteiger partial charge is 0.852 e. The minimum atomic E-state index is -0.186. The third-order valence-electron chi connectivity index (χ3n) is 1.10. The van der Waals surface area contributed by atoms with Crippen LogP contribution in [0.4, 0.5) is 0 Å². The van der Waals surface area contributed by atoms with E-state index >= 15 is 0 Å². The molecule has 2 nitrogen and oxygen atoms in total. The second kappa shape index (κ2) is 7.28. The van der Waals surface area contributed by atoms with Gasteiger partial charge in [0, 0.05) is 0 Å². The van der Waals surface area contributed by atoms with Gasteiger partial charge in [0.05, 0.1) is 6.61 Å². The molecule has 0 saturated heterocycles. The maximum atomic E-state index is 9.98. The molecule has 1 rings (SSSR count). The van der Waals surface area contributed by atoms with Crippen molar-refractivity contribution in [2.75, 3.05) is 13.2 Å². The Kier molecular flexibility index (Phi) is 7.68. The fraction of sp³-hybridized carbons (Fsp3) is 0.250. The zero-order valence-electron chi connectivity index (χ0n) is 6.62. The van der Waals surface area contributed by atoms with Gasteiger partial charge in [-0.1, -0.05) is 18.2 Å². The molecule has 0 aliphatic rings. The van der Waals surface area contributed by atoms with E-state index in [1.54, 1.807) is 0 Å². The predicted octanol–water partition coefficient (Wildman–Crippen LogP) is -2.57. The Morgan fingerprint density at radius 2 is 1.82 bits per heavy atom. The molecule has 0 fully saturated rings. The molecule has 3 heteroatoms. The SMILES string of the molecule is [K+].[O-]CCOc1ccccc1. The van der Waals surface area contributed by atoms with Crippen molar-refractivity contribution >= 4 is 0 Å². The van der Waals surface area contributed by atoms with Crippen LogP contribution in [0.25, 0.3) is 0 Å². The van der Waals surface area contributed by atoms with Crippen LogP contribution in [-0.2, 0) is 0 Å². The Labute approximate surface area is 109 Å². The van der Waals surface area contributed by atoms with Gasteiger partial charge >= 0.3 is 51.4 Å². The second-order valence-corrected chi connectivity index (χ2v) is 1.87. The van der Waals surface area contributed by atoms with Crippen LogP contribution in [0, 0.1) is 0 Å². The van der Waals surface area contributed by atoms with Gasteiger partial charge in [0.25, 0.3) is 0 Å². The van der Waals surface area contributed by atoms with Crippen molar-refractivity contribution in [1.29, 1.82) is 0 Å². The van der Waals surface area contributed by atoms with E-state index in [-0.39, 0.29) is 64.6 Å². The number of hydrogen-bond acceptors (Lipinski definition) is 2. The standard InChI is InChI=1S/C8H9O2.K/c9-6-7-10-8-4-2-1-3-5-8;/h1-5H,6-7H2;/q-1;+1. The molecule has 0 heterocycles. The minimum absolute atomic E-state index is 0. The summed E-state index contributed by atoms with van der Waals surface area (Å²) in [7, 11) is 0. The number of hydrogen-bond donors (Lipinski definition) is 0. The van der Waals surface area contributed by atoms with Crippen molar-refractivity contribution in [2.24, 2.45) is 0 Å². The Balaban J connectivity index is 0.000001000. The fourth-order valence-corrected chi connectivity index (χ4v) is 0.676. The summed E-state index contributed by atoms with van der Waals surface area (Å²) in [5, 5.41) is 9.98. The Bertz CT molecular complexity index is 177. The van der Waals surface area contributed by atoms with Crippen molar-refractivity contribution in [3.63, 3.8) is 0 Å². The van der Waals surface area contributed by atoms with Crippen molar-refractivity contribution in [3.05, 3.63) is 30.3 Å². The van der Waals surface area contributed by atoms with Gasteiger partial charge in [-0.15, -0.1) is 6.61 Å². The second-order valence-electron chi connectivity index (χ2n) is 1.87. The van der Waals surface area contributed by atoms with Gasteiger partial charge < -0.3 is 9.84 Å². The molecule has 0 atom stereocenters. The van der Waals surface area contributed by atoms with Crippen molar-refractivity contribution in [2.45, 2.75) is 0 Å². The van der Waals surface area contributed by atoms with E-state index in [1.807, 2.05) is 30.3 Å². The molecule has 0 aliphatic heterocycles. The van der Waals surface area contributed by atoms with E-state index in [0.29, 0.717) is 0 Å². The zero-order valence-corrected chi connectivity index (χ0v) is 9.74. The normalized spacial score (nSPS) is 8.45. The molecule has 0 aromatic heterocycles. The molecule has 1 aromatic carbocycles. The van der Waals surface area contributed by atoms with Crippen LogP contribution in [0.3, 0.4) is 0 Å². The Morgan fingerprint density at radius 3 is 2.36 bits per heavy atom. The number of rotatable bonds is 3. The van der Waals surface area contributed by atoms with Crippen molar-refractivity contribution in [3.8, 4) is 5.75 Å². The molecule has 0 spiro atoms. The number of benzene rings is 1. The van der Waals surface area contributed by atoms with Gasteiger partial charge in [-0.3, -0.25) is 0 Å². The van der Waals surface area contributed by atoms with Crippen molar-refractivity contribution in [1.82, 2.24) is 0 Å². The molecule has 0 bridgehead atoms. The van der Waals surface area contributed by atoms with Crippen LogP contribution >= 0.6 is 0 Å². The van der Waals surface area contributed by atoms with Crippen LogP contribution in [-0.4, -0.2) is 13.2 Å². The first-order valence-corrected chi connectivity index (χ1v) is 3.19. The average Bonchev–Trinajstić information content (AvgIpc) is 2.03. The van der Waals surface area contributed by atoms with Crippen molar-refractivity contribution < 1.29 is 61.2 Å². The zero-order chi connectivity index (χ0) is 7.23. The Hall–Kier alpha value is 0.616. The number of para-hydroxylation sites is 1. The molecule has 54 valence electrons. The van der Waals surface area contributed by atoms with Gasteiger partial charge in [0.15, 0.2) is 0 Å². The van der Waals surface area contributed by atoms with E-state index in [2.05, 4.69) is 0 Å². The third-order valence-corrected chi connectivity index (χ3v) is 1.10. The van der Waals surface area contributed by atoms with Crippen LogP contribution in [0.1, 0.15) is 0 Å². The summed E-state index contributed by atoms with van der Waals surface area (Å²) in [6.45, 7) is 0.0684. The van der Waals surface area contributed by atoms with E-state index in [9.17, 15) is 5.11 Å². The van der Waals surface area contributed by atoms with Gasteiger partial charge in [0.1, 0.15) is 5.75 Å². The molecule has 0 saturated carbocycles. The molecule has 0 aliphatic carbocycles. The van der Waals surface area contributed by atoms with Gasteiger partial charge in [-0.2, -0.15) is 0 Å². The largest absolute Gasteiger partial charge is 1.00 e. The van der Waals surface area contributed by atoms with Crippen LogP contribution in [0.15, 0.2) is 30.3 Å². The summed E-state index contributed by atoms with van der Waals surface area (Å²) in [6.07, 6.45) is 0. The monoisotopic (exact) mass is 176 g/mol. The summed E-state index contributed by atoms with van der Waals surface area (Å²) in [5.41, 5.74) is 0. The molecular formula is C8H9KO2. The summed E-state index contributed by atoms with van der Waals surface area (Å²) < 4.78 is 5.04. The van der Waals surface area contributed by atoms with Crippen LogP contribution in [0.5, 0.6) is 5.75 Å². The van der Waals surface area contributed by atoms with Crippen LogP contribution in [0.2, 0.25) is 0 Å². The molecule has 0 amide bonds. The topological polar surface area (TPSA) is 32.3 Å². The predicted molar refractivity (Wildman–Crippen MR) is 36.8 cm³/mol. The Morgan fingerprint density at radius 1 is 1.18 bits per heavy atom. The quantitative estimate of drug-likeness (QED) is 0.474. The maximum Gasteiger partial charge on any atom is 1.00 e.